The van der Waals surface area contributed by atoms with Gasteiger partial charge in [0.15, 0.2) is 0 Å². The van der Waals surface area contributed by atoms with E-state index in [1.54, 1.807) is 0 Å². The number of likely N-dealkylation sites (tertiary alicyclic amines) is 1. The van der Waals surface area contributed by atoms with Gasteiger partial charge in [0.1, 0.15) is 0 Å². The van der Waals surface area contributed by atoms with Crippen LogP contribution in [0.4, 0.5) is 13.2 Å². The molecule has 13 heavy (non-hydrogen) atoms. The SMILES string of the molecule is CC1(C)CCN(CCC(F)(F)F)C1. The number of hydrogen-bond acceptors (Lipinski definition) is 1. The number of hydrogen-bond donors (Lipinski definition) is 0. The molecule has 0 unspecified atom stereocenters. The van der Waals surface area contributed by atoms with E-state index in [0.29, 0.717) is 0 Å². The Hall–Kier alpha value is -0.250. The van der Waals surface area contributed by atoms with E-state index < -0.39 is 12.6 Å². The molecule has 0 saturated carbocycles. The van der Waals surface area contributed by atoms with Crippen molar-refractivity contribution in [2.75, 3.05) is 19.6 Å². The highest BCUT2D eigenvalue weighted by molar-refractivity contribution is 4.82. The Morgan fingerprint density at radius 3 is 2.31 bits per heavy atom. The third kappa shape index (κ3) is 3.98. The first-order valence-corrected chi connectivity index (χ1v) is 4.58. The van der Waals surface area contributed by atoms with E-state index in [2.05, 4.69) is 13.8 Å². The monoisotopic (exact) mass is 195 g/mol. The smallest absolute Gasteiger partial charge is 0.302 e. The van der Waals surface area contributed by atoms with E-state index in [9.17, 15) is 13.2 Å². The van der Waals surface area contributed by atoms with Gasteiger partial charge < -0.3 is 4.90 Å². The number of alkyl halides is 3. The Labute approximate surface area is 76.9 Å². The maximum Gasteiger partial charge on any atom is 0.390 e. The Bertz CT molecular complexity index is 174. The zero-order valence-electron chi connectivity index (χ0n) is 8.12. The molecule has 78 valence electrons. The first kappa shape index (κ1) is 10.8. The molecule has 0 aromatic carbocycles. The second kappa shape index (κ2) is 3.48. The molecule has 0 amide bonds. The summed E-state index contributed by atoms with van der Waals surface area (Å²) in [4.78, 5) is 1.90. The summed E-state index contributed by atoms with van der Waals surface area (Å²) in [6.07, 6.45) is -3.68. The van der Waals surface area contributed by atoms with Gasteiger partial charge in [0.25, 0.3) is 0 Å². The third-order valence-electron chi connectivity index (χ3n) is 2.47. The zero-order valence-corrected chi connectivity index (χ0v) is 8.12. The lowest BCUT2D eigenvalue weighted by atomic mass is 9.93. The Morgan fingerprint density at radius 2 is 1.92 bits per heavy atom. The summed E-state index contributed by atoms with van der Waals surface area (Å²) in [5.41, 5.74) is 0.200. The minimum Gasteiger partial charge on any atom is -0.302 e. The summed E-state index contributed by atoms with van der Waals surface area (Å²) in [6, 6.07) is 0. The van der Waals surface area contributed by atoms with Crippen LogP contribution in [-0.2, 0) is 0 Å². The van der Waals surface area contributed by atoms with E-state index >= 15 is 0 Å². The van der Waals surface area contributed by atoms with Gasteiger partial charge in [-0.25, -0.2) is 0 Å². The Kier molecular flexibility index (Phi) is 2.90. The largest absolute Gasteiger partial charge is 0.390 e. The predicted octanol–water partition coefficient (Wildman–Crippen LogP) is 2.67. The average molecular weight is 195 g/mol. The second-order valence-electron chi connectivity index (χ2n) is 4.56. The van der Waals surface area contributed by atoms with E-state index in [0.717, 1.165) is 19.5 Å². The fourth-order valence-electron chi connectivity index (χ4n) is 1.70. The van der Waals surface area contributed by atoms with Crippen LogP contribution in [-0.4, -0.2) is 30.7 Å². The molecule has 4 heteroatoms. The number of nitrogens with zero attached hydrogens (tertiary/aromatic N) is 1. The van der Waals surface area contributed by atoms with Crippen molar-refractivity contribution in [1.29, 1.82) is 0 Å². The van der Waals surface area contributed by atoms with Gasteiger partial charge in [-0.2, -0.15) is 13.2 Å². The quantitative estimate of drug-likeness (QED) is 0.654. The van der Waals surface area contributed by atoms with Crippen LogP contribution in [0.3, 0.4) is 0 Å². The summed E-state index contributed by atoms with van der Waals surface area (Å²) in [5.74, 6) is 0. The van der Waals surface area contributed by atoms with Crippen molar-refractivity contribution >= 4 is 0 Å². The van der Waals surface area contributed by atoms with Crippen molar-refractivity contribution in [3.05, 3.63) is 0 Å². The van der Waals surface area contributed by atoms with Gasteiger partial charge >= 0.3 is 6.18 Å². The normalized spacial score (nSPS) is 23.8. The molecule has 0 aliphatic carbocycles. The number of rotatable bonds is 2. The van der Waals surface area contributed by atoms with Crippen molar-refractivity contribution in [2.24, 2.45) is 5.41 Å². The third-order valence-corrected chi connectivity index (χ3v) is 2.47. The topological polar surface area (TPSA) is 3.24 Å². The molecule has 0 aromatic heterocycles. The van der Waals surface area contributed by atoms with Crippen LogP contribution in [0, 0.1) is 5.41 Å². The highest BCUT2D eigenvalue weighted by Gasteiger charge is 2.32. The van der Waals surface area contributed by atoms with Gasteiger partial charge in [-0.1, -0.05) is 13.8 Å². The molecule has 0 spiro atoms. The molecule has 1 nitrogen and oxygen atoms in total. The van der Waals surface area contributed by atoms with Crippen molar-refractivity contribution in [2.45, 2.75) is 32.9 Å². The van der Waals surface area contributed by atoms with Crippen LogP contribution in [0.1, 0.15) is 26.7 Å². The molecule has 1 rings (SSSR count). The van der Waals surface area contributed by atoms with Gasteiger partial charge in [-0.15, -0.1) is 0 Å². The molecular formula is C9H16F3N. The van der Waals surface area contributed by atoms with Crippen LogP contribution in [0.2, 0.25) is 0 Å². The van der Waals surface area contributed by atoms with Gasteiger partial charge in [0, 0.05) is 13.1 Å². The average Bonchev–Trinajstić information content (AvgIpc) is 2.24. The van der Waals surface area contributed by atoms with Crippen molar-refractivity contribution in [3.63, 3.8) is 0 Å². The van der Waals surface area contributed by atoms with Crippen LogP contribution < -0.4 is 0 Å². The maximum atomic E-state index is 11.9. The fourth-order valence-corrected chi connectivity index (χ4v) is 1.70. The lowest BCUT2D eigenvalue weighted by Gasteiger charge is -2.20. The summed E-state index contributed by atoms with van der Waals surface area (Å²) in [6.45, 7) is 5.96. The van der Waals surface area contributed by atoms with Crippen molar-refractivity contribution in [3.8, 4) is 0 Å². The molecule has 0 N–H and O–H groups in total. The molecule has 0 radical (unpaired) electrons. The standard InChI is InChI=1S/C9H16F3N/c1-8(2)3-5-13(7-8)6-4-9(10,11)12/h3-7H2,1-2H3. The molecule has 1 aliphatic rings. The molecule has 0 atom stereocenters. The molecule has 1 aliphatic heterocycles. The minimum atomic E-state index is -4.01. The van der Waals surface area contributed by atoms with Gasteiger partial charge in [0.05, 0.1) is 6.42 Å². The summed E-state index contributed by atoms with van der Waals surface area (Å²) >= 11 is 0. The van der Waals surface area contributed by atoms with E-state index in [-0.39, 0.29) is 12.0 Å². The highest BCUT2D eigenvalue weighted by atomic mass is 19.4. The predicted molar refractivity (Wildman–Crippen MR) is 45.5 cm³/mol. The summed E-state index contributed by atoms with van der Waals surface area (Å²) in [7, 11) is 0. The van der Waals surface area contributed by atoms with Gasteiger partial charge in [-0.05, 0) is 18.4 Å². The van der Waals surface area contributed by atoms with Crippen LogP contribution in [0.25, 0.3) is 0 Å². The molecule has 1 fully saturated rings. The van der Waals surface area contributed by atoms with Gasteiger partial charge in [0.2, 0.25) is 0 Å². The zero-order chi connectivity index (χ0) is 10.1. The van der Waals surface area contributed by atoms with Gasteiger partial charge in [-0.3, -0.25) is 0 Å². The summed E-state index contributed by atoms with van der Waals surface area (Å²) < 4.78 is 35.6. The van der Waals surface area contributed by atoms with E-state index in [4.69, 9.17) is 0 Å². The highest BCUT2D eigenvalue weighted by Crippen LogP contribution is 2.30. The first-order chi connectivity index (χ1) is 5.79. The van der Waals surface area contributed by atoms with Crippen molar-refractivity contribution in [1.82, 2.24) is 4.90 Å². The molecule has 1 heterocycles. The molecular weight excluding hydrogens is 179 g/mol. The van der Waals surface area contributed by atoms with Crippen LogP contribution >= 0.6 is 0 Å². The minimum absolute atomic E-state index is 0.160. The van der Waals surface area contributed by atoms with E-state index in [1.165, 1.54) is 0 Å². The van der Waals surface area contributed by atoms with E-state index in [1.807, 2.05) is 4.90 Å². The fraction of sp³-hybridized carbons (Fsp3) is 1.00. The lowest BCUT2D eigenvalue weighted by Crippen LogP contribution is -2.27. The first-order valence-electron chi connectivity index (χ1n) is 4.58. The lowest BCUT2D eigenvalue weighted by molar-refractivity contribution is -0.137. The Morgan fingerprint density at radius 1 is 1.31 bits per heavy atom. The molecule has 1 saturated heterocycles. The van der Waals surface area contributed by atoms with Crippen LogP contribution in [0.15, 0.2) is 0 Å². The number of halogens is 3. The molecule has 0 aromatic rings. The summed E-state index contributed by atoms with van der Waals surface area (Å²) in [5, 5.41) is 0. The molecule has 0 bridgehead atoms. The maximum absolute atomic E-state index is 11.9. The second-order valence-corrected chi connectivity index (χ2v) is 4.56. The Balaban J connectivity index is 2.25. The van der Waals surface area contributed by atoms with Crippen LogP contribution in [0.5, 0.6) is 0 Å². The van der Waals surface area contributed by atoms with Crippen molar-refractivity contribution < 1.29 is 13.2 Å².